The second kappa shape index (κ2) is 5.68. The Morgan fingerprint density at radius 1 is 1.23 bits per heavy atom. The summed E-state index contributed by atoms with van der Waals surface area (Å²) in [6, 6.07) is 7.86. The van der Waals surface area contributed by atoms with Crippen LogP contribution in [0.15, 0.2) is 29.1 Å². The third kappa shape index (κ3) is 2.47. The van der Waals surface area contributed by atoms with Crippen molar-refractivity contribution in [1.82, 2.24) is 9.97 Å². The standard InChI is InChI=1S/C16H17N3O2S/c20-15-12-9-11-3-1-2-4-14(11)21-10-13(12)17-16(18-15)19-5-7-22-8-6-19/h1-4H,5-10H2,(H,17,18,20). The molecule has 2 aromatic rings. The summed E-state index contributed by atoms with van der Waals surface area (Å²) in [4.78, 5) is 22.3. The highest BCUT2D eigenvalue weighted by Crippen LogP contribution is 2.26. The van der Waals surface area contributed by atoms with Crippen LogP contribution in [0.1, 0.15) is 16.8 Å². The van der Waals surface area contributed by atoms with Crippen molar-refractivity contribution < 1.29 is 4.74 Å². The summed E-state index contributed by atoms with van der Waals surface area (Å²) >= 11 is 1.94. The van der Waals surface area contributed by atoms with Crippen molar-refractivity contribution in [2.24, 2.45) is 0 Å². The molecule has 0 radical (unpaired) electrons. The number of aromatic nitrogens is 2. The maximum Gasteiger partial charge on any atom is 0.256 e. The van der Waals surface area contributed by atoms with Crippen LogP contribution in [0.3, 0.4) is 0 Å². The number of ether oxygens (including phenoxy) is 1. The molecule has 0 amide bonds. The van der Waals surface area contributed by atoms with E-state index in [0.717, 1.165) is 47.2 Å². The summed E-state index contributed by atoms with van der Waals surface area (Å²) in [6.45, 7) is 2.20. The van der Waals surface area contributed by atoms with E-state index >= 15 is 0 Å². The smallest absolute Gasteiger partial charge is 0.256 e. The van der Waals surface area contributed by atoms with Gasteiger partial charge in [-0.2, -0.15) is 11.8 Å². The molecular weight excluding hydrogens is 298 g/mol. The molecule has 0 atom stereocenters. The van der Waals surface area contributed by atoms with Gasteiger partial charge >= 0.3 is 0 Å². The first kappa shape index (κ1) is 13.7. The molecule has 1 aromatic carbocycles. The number of hydrogen-bond acceptors (Lipinski definition) is 5. The Balaban J connectivity index is 1.72. The van der Waals surface area contributed by atoms with E-state index in [1.165, 1.54) is 0 Å². The summed E-state index contributed by atoms with van der Waals surface area (Å²) in [5.74, 6) is 3.67. The molecule has 0 spiro atoms. The molecule has 22 heavy (non-hydrogen) atoms. The molecule has 114 valence electrons. The molecule has 1 N–H and O–H groups in total. The van der Waals surface area contributed by atoms with E-state index in [1.54, 1.807) is 0 Å². The fourth-order valence-electron chi connectivity index (χ4n) is 2.89. The number of nitrogens with zero attached hydrogens (tertiary/aromatic N) is 2. The van der Waals surface area contributed by atoms with Crippen LogP contribution in [-0.4, -0.2) is 34.6 Å². The molecule has 0 bridgehead atoms. The van der Waals surface area contributed by atoms with Crippen LogP contribution < -0.4 is 15.2 Å². The van der Waals surface area contributed by atoms with Gasteiger partial charge in [-0.25, -0.2) is 4.98 Å². The lowest BCUT2D eigenvalue weighted by molar-refractivity contribution is 0.302. The first-order valence-corrected chi connectivity index (χ1v) is 8.62. The van der Waals surface area contributed by atoms with Crippen LogP contribution in [0.5, 0.6) is 5.75 Å². The Bertz CT molecular complexity index is 753. The van der Waals surface area contributed by atoms with Gasteiger partial charge < -0.3 is 9.64 Å². The van der Waals surface area contributed by atoms with Gasteiger partial charge in [0.25, 0.3) is 5.56 Å². The van der Waals surface area contributed by atoms with E-state index < -0.39 is 0 Å². The quantitative estimate of drug-likeness (QED) is 0.870. The Morgan fingerprint density at radius 3 is 2.91 bits per heavy atom. The van der Waals surface area contributed by atoms with Crippen molar-refractivity contribution in [1.29, 1.82) is 0 Å². The molecule has 1 saturated heterocycles. The number of anilines is 1. The molecule has 0 unspecified atom stereocenters. The molecule has 4 rings (SSSR count). The molecule has 5 nitrogen and oxygen atoms in total. The van der Waals surface area contributed by atoms with Gasteiger partial charge in [0.15, 0.2) is 0 Å². The molecule has 6 heteroatoms. The van der Waals surface area contributed by atoms with Crippen LogP contribution in [-0.2, 0) is 13.0 Å². The summed E-state index contributed by atoms with van der Waals surface area (Å²) in [7, 11) is 0. The molecule has 2 aliphatic heterocycles. The number of para-hydroxylation sites is 1. The average Bonchev–Trinajstić information content (AvgIpc) is 2.75. The van der Waals surface area contributed by atoms with E-state index in [-0.39, 0.29) is 5.56 Å². The largest absolute Gasteiger partial charge is 0.487 e. The third-order valence-electron chi connectivity index (χ3n) is 4.10. The topological polar surface area (TPSA) is 58.2 Å². The Morgan fingerprint density at radius 2 is 2.05 bits per heavy atom. The number of fused-ring (bicyclic) bond motifs is 2. The monoisotopic (exact) mass is 315 g/mol. The van der Waals surface area contributed by atoms with Crippen molar-refractivity contribution >= 4 is 17.7 Å². The molecule has 0 aliphatic carbocycles. The van der Waals surface area contributed by atoms with Gasteiger partial charge in [-0.05, 0) is 11.6 Å². The van der Waals surface area contributed by atoms with Gasteiger partial charge in [0.1, 0.15) is 12.4 Å². The SMILES string of the molecule is O=c1[nH]c(N2CCSCC2)nc2c1Cc1ccccc1OC2. The zero-order chi connectivity index (χ0) is 14.9. The van der Waals surface area contributed by atoms with E-state index in [9.17, 15) is 4.79 Å². The van der Waals surface area contributed by atoms with Crippen molar-refractivity contribution in [3.8, 4) is 5.75 Å². The second-order valence-electron chi connectivity index (χ2n) is 5.49. The lowest BCUT2D eigenvalue weighted by atomic mass is 10.1. The Kier molecular flexibility index (Phi) is 3.54. The van der Waals surface area contributed by atoms with Gasteiger partial charge in [0.2, 0.25) is 5.95 Å². The van der Waals surface area contributed by atoms with E-state index in [1.807, 2.05) is 36.0 Å². The first-order valence-electron chi connectivity index (χ1n) is 7.47. The van der Waals surface area contributed by atoms with Gasteiger partial charge in [-0.15, -0.1) is 0 Å². The maximum absolute atomic E-state index is 12.5. The lowest BCUT2D eigenvalue weighted by Gasteiger charge is -2.27. The Labute approximate surface area is 132 Å². The highest BCUT2D eigenvalue weighted by atomic mass is 32.2. The molecule has 1 fully saturated rings. The highest BCUT2D eigenvalue weighted by Gasteiger charge is 2.21. The van der Waals surface area contributed by atoms with Crippen LogP contribution in [0, 0.1) is 0 Å². The molecule has 2 aliphatic rings. The van der Waals surface area contributed by atoms with Crippen molar-refractivity contribution in [3.05, 3.63) is 51.4 Å². The summed E-state index contributed by atoms with van der Waals surface area (Å²) in [5.41, 5.74) is 2.47. The van der Waals surface area contributed by atoms with Crippen molar-refractivity contribution in [2.75, 3.05) is 29.5 Å². The highest BCUT2D eigenvalue weighted by molar-refractivity contribution is 7.99. The number of rotatable bonds is 1. The number of thioether (sulfide) groups is 1. The number of benzene rings is 1. The zero-order valence-electron chi connectivity index (χ0n) is 12.2. The number of aromatic amines is 1. The van der Waals surface area contributed by atoms with Crippen molar-refractivity contribution in [2.45, 2.75) is 13.0 Å². The zero-order valence-corrected chi connectivity index (χ0v) is 13.0. The summed E-state index contributed by atoms with van der Waals surface area (Å²) in [5, 5.41) is 0. The lowest BCUT2D eigenvalue weighted by Crippen LogP contribution is -2.36. The number of H-pyrrole nitrogens is 1. The Hall–Kier alpha value is -1.95. The van der Waals surface area contributed by atoms with E-state index in [0.29, 0.717) is 19.0 Å². The van der Waals surface area contributed by atoms with E-state index in [2.05, 4.69) is 14.9 Å². The fraction of sp³-hybridized carbons (Fsp3) is 0.375. The number of hydrogen-bond donors (Lipinski definition) is 1. The third-order valence-corrected chi connectivity index (χ3v) is 5.05. The summed E-state index contributed by atoms with van der Waals surface area (Å²) < 4.78 is 5.83. The van der Waals surface area contributed by atoms with E-state index in [4.69, 9.17) is 4.74 Å². The molecular formula is C16H17N3O2S. The van der Waals surface area contributed by atoms with Crippen LogP contribution in [0.25, 0.3) is 0 Å². The predicted molar refractivity (Wildman–Crippen MR) is 88.0 cm³/mol. The fourth-order valence-corrected chi connectivity index (χ4v) is 3.79. The molecule has 3 heterocycles. The van der Waals surface area contributed by atoms with Gasteiger partial charge in [0.05, 0.1) is 5.69 Å². The average molecular weight is 315 g/mol. The minimum Gasteiger partial charge on any atom is -0.487 e. The van der Waals surface area contributed by atoms with Gasteiger partial charge in [-0.1, -0.05) is 18.2 Å². The second-order valence-corrected chi connectivity index (χ2v) is 6.71. The first-order chi connectivity index (χ1) is 10.8. The van der Waals surface area contributed by atoms with Crippen LogP contribution in [0.2, 0.25) is 0 Å². The van der Waals surface area contributed by atoms with Crippen molar-refractivity contribution in [3.63, 3.8) is 0 Å². The van der Waals surface area contributed by atoms with Crippen LogP contribution in [0.4, 0.5) is 5.95 Å². The van der Waals surface area contributed by atoms with Gasteiger partial charge in [0, 0.05) is 36.6 Å². The maximum atomic E-state index is 12.5. The predicted octanol–water partition coefficient (Wildman–Crippen LogP) is 1.81. The number of nitrogens with one attached hydrogen (secondary N) is 1. The molecule has 1 aromatic heterocycles. The van der Waals surface area contributed by atoms with Gasteiger partial charge in [-0.3, -0.25) is 9.78 Å². The normalized spacial score (nSPS) is 17.2. The minimum atomic E-state index is -0.0430. The molecule has 0 saturated carbocycles. The minimum absolute atomic E-state index is 0.0430. The summed E-state index contributed by atoms with van der Waals surface area (Å²) in [6.07, 6.45) is 0.573. The van der Waals surface area contributed by atoms with Crippen LogP contribution >= 0.6 is 11.8 Å².